The molecule has 3 aromatic rings. The second kappa shape index (κ2) is 9.82. The lowest BCUT2D eigenvalue weighted by Crippen LogP contribution is -2.54. The van der Waals surface area contributed by atoms with E-state index in [4.69, 9.17) is 16.3 Å². The van der Waals surface area contributed by atoms with E-state index in [0.29, 0.717) is 39.7 Å². The van der Waals surface area contributed by atoms with Crippen LogP contribution in [0.5, 0.6) is 5.75 Å². The normalized spacial score (nSPS) is 18.6. The van der Waals surface area contributed by atoms with Crippen molar-refractivity contribution in [1.29, 1.82) is 0 Å². The van der Waals surface area contributed by atoms with Crippen LogP contribution in [0.25, 0.3) is 11.1 Å². The van der Waals surface area contributed by atoms with E-state index in [1.807, 2.05) is 6.07 Å². The lowest BCUT2D eigenvalue weighted by Gasteiger charge is -2.38. The maximum atomic E-state index is 14.2. The van der Waals surface area contributed by atoms with Crippen molar-refractivity contribution in [3.63, 3.8) is 0 Å². The molecule has 0 amide bonds. The third-order valence-corrected chi connectivity index (χ3v) is 7.37. The summed E-state index contributed by atoms with van der Waals surface area (Å²) in [5.41, 5.74) is 2.09. The minimum atomic E-state index is -3.91. The number of methoxy groups -OCH3 is 1. The minimum Gasteiger partial charge on any atom is -0.495 e. The molecule has 1 aliphatic heterocycles. The molecule has 6 nitrogen and oxygen atoms in total. The first-order chi connectivity index (χ1) is 16.2. The van der Waals surface area contributed by atoms with Crippen molar-refractivity contribution in [3.8, 4) is 16.9 Å². The van der Waals surface area contributed by atoms with Crippen LogP contribution in [0.3, 0.4) is 0 Å². The van der Waals surface area contributed by atoms with Crippen LogP contribution in [0.2, 0.25) is 5.02 Å². The van der Waals surface area contributed by atoms with Crippen LogP contribution < -0.4 is 19.7 Å². The molecule has 0 bridgehead atoms. The lowest BCUT2D eigenvalue weighted by atomic mass is 10.1. The Morgan fingerprint density at radius 2 is 1.71 bits per heavy atom. The van der Waals surface area contributed by atoms with Crippen molar-refractivity contribution in [3.05, 3.63) is 71.5 Å². The number of nitrogens with one attached hydrogen (secondary N) is 2. The standard InChI is InChI=1S/C25H27ClFN3O3S/c1-16-14-30(15-17(2)28-16)20-7-11-25(33-3)24(13-20)29-34(31,32)21-8-4-18(5-9-21)22-12-19(26)6-10-23(22)27/h4-13,16-17,28-29H,14-15H2,1-3H3/t16-,17+. The fourth-order valence-corrected chi connectivity index (χ4v) is 5.48. The average Bonchev–Trinajstić information content (AvgIpc) is 2.80. The van der Waals surface area contributed by atoms with Gasteiger partial charge in [-0.25, -0.2) is 12.8 Å². The van der Waals surface area contributed by atoms with Crippen LogP contribution in [-0.2, 0) is 10.0 Å². The highest BCUT2D eigenvalue weighted by molar-refractivity contribution is 7.92. The molecule has 1 fully saturated rings. The number of nitrogens with zero attached hydrogens (tertiary/aromatic N) is 1. The lowest BCUT2D eigenvalue weighted by molar-refractivity contribution is 0.406. The smallest absolute Gasteiger partial charge is 0.262 e. The second-order valence-corrected chi connectivity index (χ2v) is 10.6. The minimum absolute atomic E-state index is 0.0514. The van der Waals surface area contributed by atoms with Crippen molar-refractivity contribution in [1.82, 2.24) is 5.32 Å². The zero-order chi connectivity index (χ0) is 24.5. The second-order valence-electron chi connectivity index (χ2n) is 8.51. The Morgan fingerprint density at radius 1 is 1.03 bits per heavy atom. The van der Waals surface area contributed by atoms with Crippen molar-refractivity contribution in [2.75, 3.05) is 29.8 Å². The average molecular weight is 504 g/mol. The van der Waals surface area contributed by atoms with Crippen molar-refractivity contribution in [2.24, 2.45) is 0 Å². The molecule has 1 aliphatic rings. The molecule has 0 spiro atoms. The number of halogens is 2. The summed E-state index contributed by atoms with van der Waals surface area (Å²) in [6.07, 6.45) is 0. The number of sulfonamides is 1. The Hall–Kier alpha value is -2.81. The zero-order valence-corrected chi connectivity index (χ0v) is 20.8. The number of ether oxygens (including phenoxy) is 1. The van der Waals surface area contributed by atoms with E-state index in [1.165, 1.54) is 37.4 Å². The molecule has 2 atom stereocenters. The highest BCUT2D eigenvalue weighted by atomic mass is 35.5. The number of hydrogen-bond acceptors (Lipinski definition) is 5. The summed E-state index contributed by atoms with van der Waals surface area (Å²) < 4.78 is 48.5. The summed E-state index contributed by atoms with van der Waals surface area (Å²) in [5.74, 6) is -0.0163. The number of hydrogen-bond donors (Lipinski definition) is 2. The highest BCUT2D eigenvalue weighted by Gasteiger charge is 2.23. The van der Waals surface area contributed by atoms with Gasteiger partial charge < -0.3 is 15.0 Å². The largest absolute Gasteiger partial charge is 0.495 e. The van der Waals surface area contributed by atoms with Crippen molar-refractivity contribution >= 4 is 33.0 Å². The molecule has 0 aromatic heterocycles. The van der Waals surface area contributed by atoms with E-state index in [9.17, 15) is 12.8 Å². The molecular weight excluding hydrogens is 477 g/mol. The third-order valence-electron chi connectivity index (χ3n) is 5.75. The fourth-order valence-electron chi connectivity index (χ4n) is 4.25. The quantitative estimate of drug-likeness (QED) is 0.487. The molecule has 2 N–H and O–H groups in total. The van der Waals surface area contributed by atoms with Gasteiger partial charge >= 0.3 is 0 Å². The summed E-state index contributed by atoms with van der Waals surface area (Å²) in [5, 5.41) is 3.89. The maximum absolute atomic E-state index is 14.2. The van der Waals surface area contributed by atoms with E-state index in [-0.39, 0.29) is 4.90 Å². The van der Waals surface area contributed by atoms with E-state index in [1.54, 1.807) is 24.3 Å². The van der Waals surface area contributed by atoms with E-state index >= 15 is 0 Å². The predicted molar refractivity (Wildman–Crippen MR) is 135 cm³/mol. The number of piperazine rings is 1. The van der Waals surface area contributed by atoms with Gasteiger partial charge in [0.2, 0.25) is 0 Å². The molecule has 0 saturated carbocycles. The maximum Gasteiger partial charge on any atom is 0.262 e. The summed E-state index contributed by atoms with van der Waals surface area (Å²) in [4.78, 5) is 2.27. The first-order valence-corrected chi connectivity index (χ1v) is 12.8. The van der Waals surface area contributed by atoms with Crippen LogP contribution >= 0.6 is 11.6 Å². The Morgan fingerprint density at radius 3 is 2.35 bits per heavy atom. The van der Waals surface area contributed by atoms with Crippen molar-refractivity contribution in [2.45, 2.75) is 30.8 Å². The predicted octanol–water partition coefficient (Wildman–Crippen LogP) is 5.14. The molecule has 0 radical (unpaired) electrons. The summed E-state index contributed by atoms with van der Waals surface area (Å²) >= 11 is 5.98. The molecule has 9 heteroatoms. The molecule has 34 heavy (non-hydrogen) atoms. The van der Waals surface area contributed by atoms with Crippen LogP contribution in [-0.4, -0.2) is 40.7 Å². The van der Waals surface area contributed by atoms with Crippen molar-refractivity contribution < 1.29 is 17.5 Å². The van der Waals surface area contributed by atoms with E-state index in [0.717, 1.165) is 18.8 Å². The molecule has 4 rings (SSSR count). The monoisotopic (exact) mass is 503 g/mol. The topological polar surface area (TPSA) is 70.7 Å². The van der Waals surface area contributed by atoms with Gasteiger partial charge in [0.1, 0.15) is 11.6 Å². The Bertz CT molecular complexity index is 1280. The van der Waals surface area contributed by atoms with Gasteiger partial charge in [0.15, 0.2) is 0 Å². The van der Waals surface area contributed by atoms with Gasteiger partial charge in [-0.1, -0.05) is 23.7 Å². The molecular formula is C25H27ClFN3O3S. The number of rotatable bonds is 6. The fraction of sp³-hybridized carbons (Fsp3) is 0.280. The Balaban J connectivity index is 1.60. The first kappa shape index (κ1) is 24.3. The van der Waals surface area contributed by atoms with E-state index in [2.05, 4.69) is 28.8 Å². The van der Waals surface area contributed by atoms with Gasteiger partial charge in [0.25, 0.3) is 10.0 Å². The first-order valence-electron chi connectivity index (χ1n) is 10.9. The van der Waals surface area contributed by atoms with Crippen LogP contribution in [0, 0.1) is 5.82 Å². The van der Waals surface area contributed by atoms with Gasteiger partial charge in [-0.15, -0.1) is 0 Å². The number of anilines is 2. The van der Waals surface area contributed by atoms with E-state index < -0.39 is 15.8 Å². The summed E-state index contributed by atoms with van der Waals surface area (Å²) in [6.45, 7) is 5.86. The van der Waals surface area contributed by atoms with Gasteiger partial charge in [-0.05, 0) is 67.9 Å². The van der Waals surface area contributed by atoms with Gasteiger partial charge in [0.05, 0.1) is 17.7 Å². The molecule has 1 heterocycles. The summed E-state index contributed by atoms with van der Waals surface area (Å²) in [6, 6.07) is 16.3. The van der Waals surface area contributed by atoms with Crippen LogP contribution in [0.1, 0.15) is 13.8 Å². The van der Waals surface area contributed by atoms with Gasteiger partial charge in [-0.3, -0.25) is 4.72 Å². The molecule has 0 aliphatic carbocycles. The van der Waals surface area contributed by atoms with Crippen LogP contribution in [0.4, 0.5) is 15.8 Å². The van der Waals surface area contributed by atoms with Gasteiger partial charge in [-0.2, -0.15) is 0 Å². The Labute approximate surface area is 204 Å². The molecule has 1 saturated heterocycles. The number of benzene rings is 3. The van der Waals surface area contributed by atoms with Crippen LogP contribution in [0.15, 0.2) is 65.6 Å². The molecule has 3 aromatic carbocycles. The van der Waals surface area contributed by atoms with Gasteiger partial charge in [0, 0.05) is 41.4 Å². The third kappa shape index (κ3) is 5.29. The summed E-state index contributed by atoms with van der Waals surface area (Å²) in [7, 11) is -2.42. The zero-order valence-electron chi connectivity index (χ0n) is 19.2. The highest BCUT2D eigenvalue weighted by Crippen LogP contribution is 2.33. The Kier molecular flexibility index (Phi) is 7.02. The molecule has 0 unspecified atom stereocenters. The molecule has 180 valence electrons. The SMILES string of the molecule is COc1ccc(N2C[C@@H](C)N[C@@H](C)C2)cc1NS(=O)(=O)c1ccc(-c2cc(Cl)ccc2F)cc1.